The summed E-state index contributed by atoms with van der Waals surface area (Å²) in [6.07, 6.45) is 2.28. The summed E-state index contributed by atoms with van der Waals surface area (Å²) in [4.78, 5) is 9.42. The van der Waals surface area contributed by atoms with Crippen LogP contribution < -0.4 is 5.73 Å². The number of rotatable bonds is 4. The van der Waals surface area contributed by atoms with E-state index in [0.717, 1.165) is 37.5 Å². The molecule has 1 saturated heterocycles. The Balaban J connectivity index is 2.08. The number of aryl methyl sites for hydroxylation is 1. The molecule has 1 aromatic rings. The predicted octanol–water partition coefficient (Wildman–Crippen LogP) is 1.69. The number of likely N-dealkylation sites (N-methyl/N-ethyl adjacent to an activating group) is 1. The van der Waals surface area contributed by atoms with Gasteiger partial charge in [-0.05, 0) is 47.3 Å². The average molecular weight is 282 g/mol. The van der Waals surface area contributed by atoms with Gasteiger partial charge in [0.15, 0.2) is 0 Å². The Kier molecular flexibility index (Phi) is 4.61. The number of hydrogen-bond acceptors (Lipinski definition) is 5. The molecule has 0 bridgehead atoms. The van der Waals surface area contributed by atoms with Crippen LogP contribution in [-0.4, -0.2) is 53.5 Å². The highest BCUT2D eigenvalue weighted by molar-refractivity contribution is 7.09. The molecule has 0 amide bonds. The zero-order valence-electron chi connectivity index (χ0n) is 12.5. The lowest BCUT2D eigenvalue weighted by atomic mass is 9.82. The van der Waals surface area contributed by atoms with Crippen molar-refractivity contribution in [1.82, 2.24) is 14.8 Å². The standard InChI is InChI=1S/C14H26N4S/c1-11-7-14(10-15,5-6-17(11)3)18(4)8-13-9-19-12(2)16-13/h9,11H,5-8,10,15H2,1-4H3. The molecule has 0 aliphatic carbocycles. The summed E-state index contributed by atoms with van der Waals surface area (Å²) < 4.78 is 0. The summed E-state index contributed by atoms with van der Waals surface area (Å²) in [7, 11) is 4.40. The number of nitrogens with two attached hydrogens (primary N) is 1. The molecule has 19 heavy (non-hydrogen) atoms. The second kappa shape index (κ2) is 5.87. The highest BCUT2D eigenvalue weighted by Gasteiger charge is 2.39. The fraction of sp³-hybridized carbons (Fsp3) is 0.786. The fourth-order valence-electron chi connectivity index (χ4n) is 2.99. The number of piperidine rings is 1. The minimum atomic E-state index is 0.128. The molecule has 0 radical (unpaired) electrons. The summed E-state index contributed by atoms with van der Waals surface area (Å²) in [5.41, 5.74) is 7.43. The SMILES string of the molecule is Cc1nc(CN(C)C2(CN)CCN(C)C(C)C2)cs1. The van der Waals surface area contributed by atoms with Crippen molar-refractivity contribution in [3.8, 4) is 0 Å². The van der Waals surface area contributed by atoms with Crippen LogP contribution in [0.1, 0.15) is 30.5 Å². The van der Waals surface area contributed by atoms with Crippen molar-refractivity contribution in [2.75, 3.05) is 27.2 Å². The second-order valence-corrected chi connectivity index (χ2v) is 6.99. The summed E-state index contributed by atoms with van der Waals surface area (Å²) in [6.45, 7) is 7.11. The second-order valence-electron chi connectivity index (χ2n) is 5.93. The van der Waals surface area contributed by atoms with E-state index in [4.69, 9.17) is 5.73 Å². The molecule has 1 aromatic heterocycles. The molecular formula is C14H26N4S. The molecule has 1 aliphatic rings. The molecule has 1 aliphatic heterocycles. The van der Waals surface area contributed by atoms with Gasteiger partial charge in [0.05, 0.1) is 10.7 Å². The maximum absolute atomic E-state index is 6.13. The molecule has 0 aromatic carbocycles. The molecule has 0 spiro atoms. The Bertz CT molecular complexity index is 419. The molecule has 2 N–H and O–H groups in total. The number of thiazole rings is 1. The molecule has 2 heterocycles. The van der Waals surface area contributed by atoms with E-state index in [2.05, 4.69) is 48.1 Å². The first-order valence-corrected chi connectivity index (χ1v) is 7.87. The van der Waals surface area contributed by atoms with Crippen LogP contribution in [0.2, 0.25) is 0 Å². The van der Waals surface area contributed by atoms with Crippen LogP contribution in [0.3, 0.4) is 0 Å². The molecule has 2 atom stereocenters. The smallest absolute Gasteiger partial charge is 0.0897 e. The Morgan fingerprint density at radius 3 is 2.89 bits per heavy atom. The van der Waals surface area contributed by atoms with Crippen LogP contribution in [0, 0.1) is 6.92 Å². The molecule has 2 rings (SSSR count). The van der Waals surface area contributed by atoms with E-state index in [0.29, 0.717) is 6.04 Å². The van der Waals surface area contributed by atoms with E-state index in [-0.39, 0.29) is 5.54 Å². The van der Waals surface area contributed by atoms with Gasteiger partial charge >= 0.3 is 0 Å². The van der Waals surface area contributed by atoms with Crippen LogP contribution in [0.5, 0.6) is 0 Å². The quantitative estimate of drug-likeness (QED) is 0.913. The molecule has 108 valence electrons. The lowest BCUT2D eigenvalue weighted by Gasteiger charge is -2.49. The molecule has 1 fully saturated rings. The zero-order valence-corrected chi connectivity index (χ0v) is 13.3. The monoisotopic (exact) mass is 282 g/mol. The highest BCUT2D eigenvalue weighted by Crippen LogP contribution is 2.31. The third-order valence-electron chi connectivity index (χ3n) is 4.61. The maximum Gasteiger partial charge on any atom is 0.0897 e. The van der Waals surface area contributed by atoms with Crippen molar-refractivity contribution in [2.24, 2.45) is 5.73 Å². The first-order valence-electron chi connectivity index (χ1n) is 6.99. The normalized spacial score (nSPS) is 29.1. The third-order valence-corrected chi connectivity index (χ3v) is 5.44. The van der Waals surface area contributed by atoms with Crippen LogP contribution in [-0.2, 0) is 6.54 Å². The van der Waals surface area contributed by atoms with Gasteiger partial charge in [-0.2, -0.15) is 0 Å². The van der Waals surface area contributed by atoms with Gasteiger partial charge in [0.1, 0.15) is 0 Å². The Morgan fingerprint density at radius 2 is 2.37 bits per heavy atom. The Labute approximate surface area is 120 Å². The van der Waals surface area contributed by atoms with E-state index in [1.165, 1.54) is 5.69 Å². The minimum absolute atomic E-state index is 0.128. The van der Waals surface area contributed by atoms with E-state index < -0.39 is 0 Å². The number of likely N-dealkylation sites (tertiary alicyclic amines) is 1. The first kappa shape index (κ1) is 14.9. The lowest BCUT2D eigenvalue weighted by Crippen LogP contribution is -2.59. The maximum atomic E-state index is 6.13. The Hall–Kier alpha value is -0.490. The van der Waals surface area contributed by atoms with Gasteiger partial charge < -0.3 is 10.6 Å². The summed E-state index contributed by atoms with van der Waals surface area (Å²) in [5.74, 6) is 0. The van der Waals surface area contributed by atoms with Gasteiger partial charge in [0, 0.05) is 30.1 Å². The van der Waals surface area contributed by atoms with Crippen LogP contribution in [0.15, 0.2) is 5.38 Å². The number of aromatic nitrogens is 1. The summed E-state index contributed by atoms with van der Waals surface area (Å²) in [6, 6.07) is 0.594. The fourth-order valence-corrected chi connectivity index (χ4v) is 3.60. The summed E-state index contributed by atoms with van der Waals surface area (Å²) >= 11 is 1.72. The third kappa shape index (κ3) is 3.16. The largest absolute Gasteiger partial charge is 0.329 e. The van der Waals surface area contributed by atoms with Crippen molar-refractivity contribution in [2.45, 2.75) is 44.8 Å². The van der Waals surface area contributed by atoms with Crippen molar-refractivity contribution >= 4 is 11.3 Å². The molecule has 2 unspecified atom stereocenters. The van der Waals surface area contributed by atoms with Crippen LogP contribution >= 0.6 is 11.3 Å². The van der Waals surface area contributed by atoms with Crippen molar-refractivity contribution < 1.29 is 0 Å². The lowest BCUT2D eigenvalue weighted by molar-refractivity contribution is 0.0216. The van der Waals surface area contributed by atoms with Crippen LogP contribution in [0.4, 0.5) is 0 Å². The minimum Gasteiger partial charge on any atom is -0.329 e. The van der Waals surface area contributed by atoms with Gasteiger partial charge in [-0.1, -0.05) is 0 Å². The topological polar surface area (TPSA) is 45.4 Å². The molecule has 4 nitrogen and oxygen atoms in total. The van der Waals surface area contributed by atoms with Crippen molar-refractivity contribution in [3.05, 3.63) is 16.1 Å². The molecule has 5 heteroatoms. The molecular weight excluding hydrogens is 256 g/mol. The van der Waals surface area contributed by atoms with E-state index in [1.807, 2.05) is 0 Å². The highest BCUT2D eigenvalue weighted by atomic mass is 32.1. The predicted molar refractivity (Wildman–Crippen MR) is 81.4 cm³/mol. The Morgan fingerprint density at radius 1 is 1.63 bits per heavy atom. The number of hydrogen-bond donors (Lipinski definition) is 1. The first-order chi connectivity index (χ1) is 8.97. The summed E-state index contributed by atoms with van der Waals surface area (Å²) in [5, 5.41) is 3.30. The van der Waals surface area contributed by atoms with Crippen molar-refractivity contribution in [1.29, 1.82) is 0 Å². The average Bonchev–Trinajstić information content (AvgIpc) is 2.78. The van der Waals surface area contributed by atoms with Gasteiger partial charge in [0.25, 0.3) is 0 Å². The van der Waals surface area contributed by atoms with Gasteiger partial charge in [-0.25, -0.2) is 4.98 Å². The zero-order chi connectivity index (χ0) is 14.0. The molecule has 0 saturated carbocycles. The van der Waals surface area contributed by atoms with E-state index in [1.54, 1.807) is 11.3 Å². The van der Waals surface area contributed by atoms with Gasteiger partial charge in [-0.3, -0.25) is 4.90 Å². The van der Waals surface area contributed by atoms with Crippen LogP contribution in [0.25, 0.3) is 0 Å². The number of nitrogens with zero attached hydrogens (tertiary/aromatic N) is 3. The van der Waals surface area contributed by atoms with E-state index in [9.17, 15) is 0 Å². The van der Waals surface area contributed by atoms with E-state index >= 15 is 0 Å². The van der Waals surface area contributed by atoms with Gasteiger partial charge in [-0.15, -0.1) is 11.3 Å². The van der Waals surface area contributed by atoms with Gasteiger partial charge in [0.2, 0.25) is 0 Å². The van der Waals surface area contributed by atoms with Crippen molar-refractivity contribution in [3.63, 3.8) is 0 Å².